The SMILES string of the molecule is CCN1CC(C)Nc2cc(C(=O)O)ccc21. The first-order chi connectivity index (χ1) is 7.61. The third-order valence-electron chi connectivity index (χ3n) is 2.86. The number of rotatable bonds is 2. The van der Waals surface area contributed by atoms with Gasteiger partial charge in [-0.1, -0.05) is 0 Å². The minimum absolute atomic E-state index is 0.330. The molecule has 0 bridgehead atoms. The van der Waals surface area contributed by atoms with Crippen molar-refractivity contribution in [3.63, 3.8) is 0 Å². The Morgan fingerprint density at radius 2 is 2.38 bits per heavy atom. The topological polar surface area (TPSA) is 52.6 Å². The van der Waals surface area contributed by atoms with Gasteiger partial charge in [-0.3, -0.25) is 0 Å². The van der Waals surface area contributed by atoms with E-state index in [4.69, 9.17) is 5.11 Å². The van der Waals surface area contributed by atoms with Crippen LogP contribution in [0.25, 0.3) is 0 Å². The summed E-state index contributed by atoms with van der Waals surface area (Å²) in [7, 11) is 0. The van der Waals surface area contributed by atoms with E-state index in [1.807, 2.05) is 6.07 Å². The predicted octanol–water partition coefficient (Wildman–Crippen LogP) is 2.03. The number of fused-ring (bicyclic) bond motifs is 1. The number of carboxylic acid groups (broad SMARTS) is 1. The third kappa shape index (κ3) is 1.83. The van der Waals surface area contributed by atoms with Gasteiger partial charge in [-0.2, -0.15) is 0 Å². The van der Waals surface area contributed by atoms with E-state index in [1.165, 1.54) is 0 Å². The van der Waals surface area contributed by atoms with Crippen LogP contribution in [0, 0.1) is 0 Å². The number of carbonyl (C=O) groups is 1. The van der Waals surface area contributed by atoms with Gasteiger partial charge in [0.2, 0.25) is 0 Å². The normalized spacial score (nSPS) is 18.9. The maximum atomic E-state index is 10.9. The highest BCUT2D eigenvalue weighted by molar-refractivity contribution is 5.91. The highest BCUT2D eigenvalue weighted by Crippen LogP contribution is 2.31. The molecule has 1 aromatic rings. The molecule has 0 saturated carbocycles. The van der Waals surface area contributed by atoms with Gasteiger partial charge in [-0.15, -0.1) is 0 Å². The fraction of sp³-hybridized carbons (Fsp3) is 0.417. The van der Waals surface area contributed by atoms with Gasteiger partial charge in [0, 0.05) is 19.1 Å². The fourth-order valence-electron chi connectivity index (χ4n) is 2.10. The first-order valence-corrected chi connectivity index (χ1v) is 5.50. The molecule has 0 aliphatic carbocycles. The monoisotopic (exact) mass is 220 g/mol. The molecular formula is C12H16N2O2. The predicted molar refractivity (Wildman–Crippen MR) is 64.4 cm³/mol. The summed E-state index contributed by atoms with van der Waals surface area (Å²) in [6.07, 6.45) is 0. The van der Waals surface area contributed by atoms with Crippen molar-refractivity contribution in [3.8, 4) is 0 Å². The zero-order valence-electron chi connectivity index (χ0n) is 9.53. The zero-order chi connectivity index (χ0) is 11.7. The first kappa shape index (κ1) is 10.8. The van der Waals surface area contributed by atoms with E-state index in [9.17, 15) is 4.79 Å². The van der Waals surface area contributed by atoms with Crippen molar-refractivity contribution in [2.24, 2.45) is 0 Å². The van der Waals surface area contributed by atoms with Gasteiger partial charge in [-0.05, 0) is 32.0 Å². The van der Waals surface area contributed by atoms with Crippen LogP contribution in [0.3, 0.4) is 0 Å². The second kappa shape index (κ2) is 4.04. The Morgan fingerprint density at radius 3 is 3.00 bits per heavy atom. The van der Waals surface area contributed by atoms with Crippen molar-refractivity contribution in [2.45, 2.75) is 19.9 Å². The third-order valence-corrected chi connectivity index (χ3v) is 2.86. The lowest BCUT2D eigenvalue weighted by Gasteiger charge is -2.35. The first-order valence-electron chi connectivity index (χ1n) is 5.50. The Morgan fingerprint density at radius 1 is 1.62 bits per heavy atom. The molecule has 0 saturated heterocycles. The molecule has 1 aromatic carbocycles. The standard InChI is InChI=1S/C12H16N2O2/c1-3-14-7-8(2)13-10-6-9(12(15)16)4-5-11(10)14/h4-6,8,13H,3,7H2,1-2H3,(H,15,16). The number of benzene rings is 1. The van der Waals surface area contributed by atoms with E-state index in [2.05, 4.69) is 24.1 Å². The molecule has 0 spiro atoms. The van der Waals surface area contributed by atoms with Crippen molar-refractivity contribution < 1.29 is 9.90 Å². The molecule has 0 aromatic heterocycles. The minimum atomic E-state index is -0.883. The van der Waals surface area contributed by atoms with Crippen LogP contribution in [0.5, 0.6) is 0 Å². The van der Waals surface area contributed by atoms with E-state index in [0.717, 1.165) is 24.5 Å². The molecule has 1 aliphatic heterocycles. The molecule has 86 valence electrons. The molecule has 2 N–H and O–H groups in total. The molecule has 1 unspecified atom stereocenters. The number of aromatic carboxylic acids is 1. The van der Waals surface area contributed by atoms with Gasteiger partial charge in [-0.25, -0.2) is 4.79 Å². The number of hydrogen-bond acceptors (Lipinski definition) is 3. The van der Waals surface area contributed by atoms with Crippen molar-refractivity contribution in [1.29, 1.82) is 0 Å². The van der Waals surface area contributed by atoms with Crippen LogP contribution < -0.4 is 10.2 Å². The molecule has 1 aliphatic rings. The van der Waals surface area contributed by atoms with Crippen LogP contribution in [0.4, 0.5) is 11.4 Å². The molecule has 0 radical (unpaired) electrons. The number of nitrogens with one attached hydrogen (secondary N) is 1. The maximum Gasteiger partial charge on any atom is 0.335 e. The average Bonchev–Trinajstić information content (AvgIpc) is 2.26. The number of nitrogens with zero attached hydrogens (tertiary/aromatic N) is 1. The van der Waals surface area contributed by atoms with E-state index in [1.54, 1.807) is 12.1 Å². The second-order valence-corrected chi connectivity index (χ2v) is 4.12. The fourth-order valence-corrected chi connectivity index (χ4v) is 2.10. The zero-order valence-corrected chi connectivity index (χ0v) is 9.53. The average molecular weight is 220 g/mol. The maximum absolute atomic E-state index is 10.9. The summed E-state index contributed by atoms with van der Waals surface area (Å²) in [6.45, 7) is 6.09. The van der Waals surface area contributed by atoms with Crippen molar-refractivity contribution in [3.05, 3.63) is 23.8 Å². The van der Waals surface area contributed by atoms with E-state index in [-0.39, 0.29) is 0 Å². The van der Waals surface area contributed by atoms with Gasteiger partial charge >= 0.3 is 5.97 Å². The summed E-state index contributed by atoms with van der Waals surface area (Å²) >= 11 is 0. The Bertz CT molecular complexity index is 417. The largest absolute Gasteiger partial charge is 0.478 e. The molecule has 1 heterocycles. The molecule has 16 heavy (non-hydrogen) atoms. The van der Waals surface area contributed by atoms with Crippen LogP contribution in [-0.2, 0) is 0 Å². The molecule has 4 heteroatoms. The van der Waals surface area contributed by atoms with Gasteiger partial charge in [0.1, 0.15) is 0 Å². The second-order valence-electron chi connectivity index (χ2n) is 4.12. The highest BCUT2D eigenvalue weighted by Gasteiger charge is 2.20. The molecule has 0 amide bonds. The Balaban J connectivity index is 2.42. The molecule has 2 rings (SSSR count). The molecule has 0 fully saturated rings. The van der Waals surface area contributed by atoms with Crippen LogP contribution in [0.1, 0.15) is 24.2 Å². The van der Waals surface area contributed by atoms with Gasteiger partial charge in [0.05, 0.1) is 16.9 Å². The number of hydrogen-bond donors (Lipinski definition) is 2. The number of anilines is 2. The Hall–Kier alpha value is -1.71. The van der Waals surface area contributed by atoms with Crippen molar-refractivity contribution in [1.82, 2.24) is 0 Å². The summed E-state index contributed by atoms with van der Waals surface area (Å²) in [4.78, 5) is 13.1. The van der Waals surface area contributed by atoms with Crippen LogP contribution in [0.15, 0.2) is 18.2 Å². The highest BCUT2D eigenvalue weighted by atomic mass is 16.4. The quantitative estimate of drug-likeness (QED) is 0.800. The lowest BCUT2D eigenvalue weighted by atomic mass is 10.1. The Kier molecular flexibility index (Phi) is 2.73. The van der Waals surface area contributed by atoms with Gasteiger partial charge in [0.15, 0.2) is 0 Å². The molecule has 1 atom stereocenters. The smallest absolute Gasteiger partial charge is 0.335 e. The number of carboxylic acids is 1. The van der Waals surface area contributed by atoms with Crippen LogP contribution in [0.2, 0.25) is 0 Å². The number of likely N-dealkylation sites (N-methyl/N-ethyl adjacent to an activating group) is 1. The van der Waals surface area contributed by atoms with E-state index >= 15 is 0 Å². The summed E-state index contributed by atoms with van der Waals surface area (Å²) in [6, 6.07) is 5.58. The Labute approximate surface area is 94.9 Å². The summed E-state index contributed by atoms with van der Waals surface area (Å²) in [5.41, 5.74) is 2.34. The lowest BCUT2D eigenvalue weighted by Crippen LogP contribution is -2.39. The summed E-state index contributed by atoms with van der Waals surface area (Å²) < 4.78 is 0. The lowest BCUT2D eigenvalue weighted by molar-refractivity contribution is 0.0697. The van der Waals surface area contributed by atoms with Crippen molar-refractivity contribution in [2.75, 3.05) is 23.3 Å². The van der Waals surface area contributed by atoms with Crippen molar-refractivity contribution >= 4 is 17.3 Å². The van der Waals surface area contributed by atoms with Crippen LogP contribution in [-0.4, -0.2) is 30.2 Å². The minimum Gasteiger partial charge on any atom is -0.478 e. The van der Waals surface area contributed by atoms with E-state index in [0.29, 0.717) is 11.6 Å². The van der Waals surface area contributed by atoms with Gasteiger partial charge in [0.25, 0.3) is 0 Å². The van der Waals surface area contributed by atoms with Crippen LogP contribution >= 0.6 is 0 Å². The molecular weight excluding hydrogens is 204 g/mol. The van der Waals surface area contributed by atoms with Gasteiger partial charge < -0.3 is 15.3 Å². The van der Waals surface area contributed by atoms with E-state index < -0.39 is 5.97 Å². The summed E-state index contributed by atoms with van der Waals surface area (Å²) in [5.74, 6) is -0.883. The molecule has 4 nitrogen and oxygen atoms in total. The summed E-state index contributed by atoms with van der Waals surface area (Å²) in [5, 5.41) is 12.2.